The van der Waals surface area contributed by atoms with Crippen LogP contribution in [0.2, 0.25) is 0 Å². The van der Waals surface area contributed by atoms with Gasteiger partial charge >= 0.3 is 0 Å². The number of hydrogen-bond acceptors (Lipinski definition) is 9. The third-order valence-corrected chi connectivity index (χ3v) is 6.99. The van der Waals surface area contributed by atoms with Crippen molar-refractivity contribution in [3.8, 4) is 6.07 Å². The maximum absolute atomic E-state index is 13.0. The van der Waals surface area contributed by atoms with Crippen molar-refractivity contribution >= 4 is 39.8 Å². The fraction of sp³-hybridized carbons (Fsp3) is 0.400. The highest BCUT2D eigenvalue weighted by molar-refractivity contribution is 5.81. The zero-order valence-corrected chi connectivity index (χ0v) is 19.6. The van der Waals surface area contributed by atoms with Crippen molar-refractivity contribution in [2.24, 2.45) is 0 Å². The van der Waals surface area contributed by atoms with Crippen LogP contribution in [-0.4, -0.2) is 57.6 Å². The molecule has 10 heteroatoms. The van der Waals surface area contributed by atoms with E-state index in [1.807, 2.05) is 24.3 Å². The molecule has 0 amide bonds. The average molecular weight is 471 g/mol. The Hall–Kier alpha value is -3.97. The lowest BCUT2D eigenvalue weighted by molar-refractivity contribution is 0.305. The minimum absolute atomic E-state index is 0.0560. The number of oxazole rings is 1. The maximum Gasteiger partial charge on any atom is 0.298 e. The first-order valence-corrected chi connectivity index (χ1v) is 12.0. The normalized spacial score (nSPS) is 17.3. The molecule has 1 N–H and O–H groups in total. The molecule has 2 fully saturated rings. The van der Waals surface area contributed by atoms with Gasteiger partial charge in [0.05, 0.1) is 0 Å². The number of likely N-dealkylation sites (N-methyl/N-ethyl adjacent to an activating group) is 1. The minimum atomic E-state index is -0.281. The Balaban J connectivity index is 1.32. The zero-order chi connectivity index (χ0) is 23.9. The summed E-state index contributed by atoms with van der Waals surface area (Å²) >= 11 is 0. The summed E-state index contributed by atoms with van der Waals surface area (Å²) in [6, 6.07) is 10.00. The predicted octanol–water partition coefficient (Wildman–Crippen LogP) is 3.41. The van der Waals surface area contributed by atoms with Gasteiger partial charge in [0, 0.05) is 49.5 Å². The molecule has 4 aromatic rings. The van der Waals surface area contributed by atoms with E-state index in [0.717, 1.165) is 68.6 Å². The van der Waals surface area contributed by atoms with Gasteiger partial charge in [0.1, 0.15) is 22.8 Å². The van der Waals surface area contributed by atoms with E-state index >= 15 is 0 Å². The molecule has 1 saturated heterocycles. The Labute approximate surface area is 201 Å². The Morgan fingerprint density at radius 2 is 1.91 bits per heavy atom. The number of benzene rings is 1. The van der Waals surface area contributed by atoms with Crippen LogP contribution in [0.4, 0.5) is 17.7 Å². The fourth-order valence-electron chi connectivity index (χ4n) is 5.02. The molecule has 0 spiro atoms. The lowest BCUT2D eigenvalue weighted by Gasteiger charge is -2.31. The second-order valence-corrected chi connectivity index (χ2v) is 9.35. The monoisotopic (exact) mass is 470 g/mol. The minimum Gasteiger partial charge on any atom is -0.423 e. The van der Waals surface area contributed by atoms with Crippen LogP contribution in [0.5, 0.6) is 0 Å². The van der Waals surface area contributed by atoms with Gasteiger partial charge in [0.25, 0.3) is 11.6 Å². The lowest BCUT2D eigenvalue weighted by atomic mass is 10.2. The summed E-state index contributed by atoms with van der Waals surface area (Å²) < 4.78 is 7.68. The van der Waals surface area contributed by atoms with Crippen LogP contribution in [0.1, 0.15) is 37.3 Å². The van der Waals surface area contributed by atoms with Crippen LogP contribution in [0.3, 0.4) is 0 Å². The molecule has 10 nitrogen and oxygen atoms in total. The molecule has 1 aromatic carbocycles. The molecule has 3 aromatic heterocycles. The van der Waals surface area contributed by atoms with Crippen molar-refractivity contribution in [2.45, 2.75) is 31.7 Å². The van der Waals surface area contributed by atoms with Gasteiger partial charge in [-0.2, -0.15) is 15.2 Å². The molecule has 0 atom stereocenters. The Morgan fingerprint density at radius 1 is 1.11 bits per heavy atom. The van der Waals surface area contributed by atoms with Crippen LogP contribution in [-0.2, 0) is 0 Å². The second-order valence-electron chi connectivity index (χ2n) is 9.35. The molecule has 0 bridgehead atoms. The van der Waals surface area contributed by atoms with Crippen LogP contribution < -0.4 is 15.8 Å². The number of rotatable bonds is 4. The van der Waals surface area contributed by atoms with Gasteiger partial charge in [-0.25, -0.2) is 4.98 Å². The number of nitrogens with zero attached hydrogens (tertiary/aromatic N) is 7. The van der Waals surface area contributed by atoms with Crippen molar-refractivity contribution in [1.82, 2.24) is 24.4 Å². The number of piperazine rings is 1. The molecule has 35 heavy (non-hydrogen) atoms. The van der Waals surface area contributed by atoms with E-state index in [-0.39, 0.29) is 17.2 Å². The third kappa shape index (κ3) is 3.98. The summed E-state index contributed by atoms with van der Waals surface area (Å²) in [5.41, 5.74) is 2.66. The molecule has 1 aliphatic carbocycles. The molecular weight excluding hydrogens is 444 g/mol. The van der Waals surface area contributed by atoms with E-state index in [9.17, 15) is 10.1 Å². The SMILES string of the molecule is CN1CCN(c2nc3cc(Nc4ncc5cc(C#N)c(=O)n(C6CCCC6)c5n4)ccc3o2)CC1. The predicted molar refractivity (Wildman–Crippen MR) is 133 cm³/mol. The topological polar surface area (TPSA) is 116 Å². The van der Waals surface area contributed by atoms with Gasteiger partial charge in [0.2, 0.25) is 5.95 Å². The highest BCUT2D eigenvalue weighted by Crippen LogP contribution is 2.31. The van der Waals surface area contributed by atoms with Gasteiger partial charge < -0.3 is 19.5 Å². The fourth-order valence-corrected chi connectivity index (χ4v) is 5.02. The Kier molecular flexibility index (Phi) is 5.34. The molecular formula is C25H26N8O2. The summed E-state index contributed by atoms with van der Waals surface area (Å²) in [4.78, 5) is 31.3. The first kappa shape index (κ1) is 21.6. The molecule has 0 radical (unpaired) electrons. The van der Waals surface area contributed by atoms with E-state index in [1.54, 1.807) is 16.8 Å². The van der Waals surface area contributed by atoms with E-state index < -0.39 is 0 Å². The second kappa shape index (κ2) is 8.67. The Morgan fingerprint density at radius 3 is 2.69 bits per heavy atom. The lowest BCUT2D eigenvalue weighted by Crippen LogP contribution is -2.44. The number of nitriles is 1. The van der Waals surface area contributed by atoms with Gasteiger partial charge in [-0.15, -0.1) is 0 Å². The molecule has 6 rings (SSSR count). The first-order chi connectivity index (χ1) is 17.1. The maximum atomic E-state index is 13.0. The number of fused-ring (bicyclic) bond motifs is 2. The zero-order valence-electron chi connectivity index (χ0n) is 19.6. The van der Waals surface area contributed by atoms with E-state index in [4.69, 9.17) is 14.4 Å². The van der Waals surface area contributed by atoms with Gasteiger partial charge in [0.15, 0.2) is 5.58 Å². The summed E-state index contributed by atoms with van der Waals surface area (Å²) in [7, 11) is 2.12. The van der Waals surface area contributed by atoms with Gasteiger partial charge in [-0.05, 0) is 44.2 Å². The molecule has 2 aliphatic rings. The van der Waals surface area contributed by atoms with Crippen molar-refractivity contribution in [1.29, 1.82) is 5.26 Å². The molecule has 0 unspecified atom stereocenters. The average Bonchev–Trinajstić information content (AvgIpc) is 3.54. The third-order valence-electron chi connectivity index (χ3n) is 6.99. The molecule has 178 valence electrons. The number of nitrogens with one attached hydrogen (secondary N) is 1. The van der Waals surface area contributed by atoms with Crippen LogP contribution in [0.25, 0.3) is 22.1 Å². The number of anilines is 3. The van der Waals surface area contributed by atoms with Gasteiger partial charge in [-0.3, -0.25) is 9.36 Å². The highest BCUT2D eigenvalue weighted by Gasteiger charge is 2.23. The van der Waals surface area contributed by atoms with Crippen LogP contribution in [0.15, 0.2) is 39.7 Å². The summed E-state index contributed by atoms with van der Waals surface area (Å²) in [6.07, 6.45) is 5.62. The van der Waals surface area contributed by atoms with Crippen molar-refractivity contribution in [2.75, 3.05) is 43.4 Å². The molecule has 1 saturated carbocycles. The van der Waals surface area contributed by atoms with E-state index in [1.165, 1.54) is 0 Å². The largest absolute Gasteiger partial charge is 0.423 e. The van der Waals surface area contributed by atoms with Crippen molar-refractivity contribution in [3.63, 3.8) is 0 Å². The highest BCUT2D eigenvalue weighted by atomic mass is 16.4. The van der Waals surface area contributed by atoms with Crippen molar-refractivity contribution in [3.05, 3.63) is 46.4 Å². The molecule has 1 aliphatic heterocycles. The summed E-state index contributed by atoms with van der Waals surface area (Å²) in [6.45, 7) is 3.73. The smallest absolute Gasteiger partial charge is 0.298 e. The first-order valence-electron chi connectivity index (χ1n) is 12.0. The molecule has 4 heterocycles. The van der Waals surface area contributed by atoms with Crippen LogP contribution >= 0.6 is 0 Å². The number of aromatic nitrogens is 4. The van der Waals surface area contributed by atoms with Gasteiger partial charge in [-0.1, -0.05) is 12.8 Å². The van der Waals surface area contributed by atoms with E-state index in [0.29, 0.717) is 23.0 Å². The summed E-state index contributed by atoms with van der Waals surface area (Å²) in [5, 5.41) is 13.4. The standard InChI is InChI=1S/C25H26N8O2/c1-31-8-10-32(11-9-31)25-29-20-13-18(6-7-21(20)35-25)28-24-27-15-17-12-16(14-26)23(34)33(22(17)30-24)19-4-2-3-5-19/h6-7,12-13,15,19H,2-5,8-11H2,1H3,(H,27,28,30). The number of hydrogen-bond donors (Lipinski definition) is 1. The summed E-state index contributed by atoms with van der Waals surface area (Å²) in [5.74, 6) is 0.385. The van der Waals surface area contributed by atoms with E-state index in [2.05, 4.69) is 27.1 Å². The van der Waals surface area contributed by atoms with Crippen molar-refractivity contribution < 1.29 is 4.42 Å². The quantitative estimate of drug-likeness (QED) is 0.479. The number of pyridine rings is 1. The Bertz CT molecular complexity index is 1500. The van der Waals surface area contributed by atoms with Crippen LogP contribution in [0, 0.1) is 11.3 Å².